The summed E-state index contributed by atoms with van der Waals surface area (Å²) in [5.74, 6) is 0. The van der Waals surface area contributed by atoms with Crippen LogP contribution in [0, 0.1) is 0 Å². The Labute approximate surface area is 159 Å². The van der Waals surface area contributed by atoms with Crippen LogP contribution in [0.15, 0.2) is 46.9 Å². The van der Waals surface area contributed by atoms with Gasteiger partial charge in [-0.25, -0.2) is 8.51 Å². The summed E-state index contributed by atoms with van der Waals surface area (Å²) in [4.78, 5) is 0. The number of rotatable bonds is 4. The summed E-state index contributed by atoms with van der Waals surface area (Å²) in [5.41, 5.74) is 8.79. The van der Waals surface area contributed by atoms with Crippen molar-refractivity contribution in [2.45, 2.75) is 31.6 Å². The van der Waals surface area contributed by atoms with E-state index in [0.29, 0.717) is 10.7 Å². The second kappa shape index (κ2) is 7.56. The second-order valence-corrected chi connectivity index (χ2v) is 10.3. The summed E-state index contributed by atoms with van der Waals surface area (Å²) >= 11 is 9.53. The number of benzene rings is 2. The molecule has 0 spiro atoms. The van der Waals surface area contributed by atoms with E-state index in [1.165, 1.54) is 0 Å². The van der Waals surface area contributed by atoms with Crippen LogP contribution in [0.2, 0.25) is 5.02 Å². The molecule has 0 saturated heterocycles. The minimum absolute atomic E-state index is 0.236. The molecule has 2 aromatic carbocycles. The smallest absolute Gasteiger partial charge is 0.100 e. The highest BCUT2D eigenvalue weighted by atomic mass is 79.9. The van der Waals surface area contributed by atoms with Crippen molar-refractivity contribution in [2.24, 2.45) is 0 Å². The van der Waals surface area contributed by atoms with E-state index in [-0.39, 0.29) is 10.8 Å². The SMILES string of the molecule is CN([C@@H](c1ccc(Cl)cc1)c1cc(Br)ccc1N)[S@](=O)C(C)(C)C. The molecule has 130 valence electrons. The first kappa shape index (κ1) is 19.4. The lowest BCUT2D eigenvalue weighted by molar-refractivity contribution is 0.440. The van der Waals surface area contributed by atoms with Crippen LogP contribution in [0.5, 0.6) is 0 Å². The number of nitrogen functional groups attached to an aromatic ring is 1. The Morgan fingerprint density at radius 2 is 1.75 bits per heavy atom. The molecule has 0 unspecified atom stereocenters. The van der Waals surface area contributed by atoms with Crippen molar-refractivity contribution in [3.8, 4) is 0 Å². The number of anilines is 1. The molecule has 2 atom stereocenters. The Morgan fingerprint density at radius 1 is 1.17 bits per heavy atom. The van der Waals surface area contributed by atoms with Gasteiger partial charge in [0.15, 0.2) is 0 Å². The second-order valence-electron chi connectivity index (χ2n) is 6.64. The van der Waals surface area contributed by atoms with Gasteiger partial charge in [-0.15, -0.1) is 0 Å². The van der Waals surface area contributed by atoms with Gasteiger partial charge in [0.2, 0.25) is 0 Å². The average molecular weight is 430 g/mol. The fourth-order valence-electron chi connectivity index (χ4n) is 2.54. The Hall–Kier alpha value is -0.880. The van der Waals surface area contributed by atoms with Crippen LogP contribution in [0.1, 0.15) is 37.9 Å². The predicted molar refractivity (Wildman–Crippen MR) is 108 cm³/mol. The van der Waals surface area contributed by atoms with Crippen LogP contribution in [-0.2, 0) is 11.0 Å². The van der Waals surface area contributed by atoms with Crippen molar-refractivity contribution in [2.75, 3.05) is 12.8 Å². The van der Waals surface area contributed by atoms with Crippen molar-refractivity contribution in [3.05, 3.63) is 63.1 Å². The van der Waals surface area contributed by atoms with Gasteiger partial charge in [0.05, 0.1) is 10.8 Å². The fraction of sp³-hybridized carbons (Fsp3) is 0.333. The zero-order valence-corrected chi connectivity index (χ0v) is 17.4. The molecule has 0 aliphatic heterocycles. The third-order valence-corrected chi connectivity index (χ3v) is 6.21. The molecule has 24 heavy (non-hydrogen) atoms. The number of nitrogens with two attached hydrogens (primary N) is 1. The first-order valence-corrected chi connectivity index (χ1v) is 9.84. The molecule has 2 aromatic rings. The summed E-state index contributed by atoms with van der Waals surface area (Å²) in [6.07, 6.45) is 0. The molecule has 0 fully saturated rings. The van der Waals surface area contributed by atoms with Crippen LogP contribution in [0.25, 0.3) is 0 Å². The van der Waals surface area contributed by atoms with Gasteiger partial charge in [-0.2, -0.15) is 0 Å². The molecule has 6 heteroatoms. The first-order valence-electron chi connectivity index (χ1n) is 7.56. The Morgan fingerprint density at radius 3 is 2.29 bits per heavy atom. The van der Waals surface area contributed by atoms with E-state index in [4.69, 9.17) is 17.3 Å². The highest BCUT2D eigenvalue weighted by Gasteiger charge is 2.31. The summed E-state index contributed by atoms with van der Waals surface area (Å²) < 4.78 is 15.4. The third kappa shape index (κ3) is 4.39. The molecule has 0 aliphatic carbocycles. The molecule has 0 radical (unpaired) electrons. The molecular weight excluding hydrogens is 408 g/mol. The summed E-state index contributed by atoms with van der Waals surface area (Å²) in [6, 6.07) is 13.1. The standard InChI is InChI=1S/C18H22BrClN2OS/c1-18(2,3)24(23)22(4)17(12-5-8-14(20)9-6-12)15-11-13(19)7-10-16(15)21/h5-11,17H,21H2,1-4H3/t17-,24+/m0/s1. The van der Waals surface area contributed by atoms with E-state index in [2.05, 4.69) is 15.9 Å². The molecule has 0 bridgehead atoms. The van der Waals surface area contributed by atoms with Gasteiger partial charge in [0.1, 0.15) is 11.0 Å². The lowest BCUT2D eigenvalue weighted by atomic mass is 9.97. The summed E-state index contributed by atoms with van der Waals surface area (Å²) in [6.45, 7) is 5.88. The van der Waals surface area contributed by atoms with Crippen molar-refractivity contribution >= 4 is 44.2 Å². The van der Waals surface area contributed by atoms with Crippen LogP contribution in [0.3, 0.4) is 0 Å². The number of hydrogen-bond acceptors (Lipinski definition) is 2. The van der Waals surface area contributed by atoms with E-state index < -0.39 is 11.0 Å². The molecule has 0 saturated carbocycles. The zero-order chi connectivity index (χ0) is 18.1. The molecule has 0 heterocycles. The Balaban J connectivity index is 2.59. The average Bonchev–Trinajstić information content (AvgIpc) is 2.51. The van der Waals surface area contributed by atoms with E-state index in [1.807, 2.05) is 74.6 Å². The van der Waals surface area contributed by atoms with Crippen molar-refractivity contribution < 1.29 is 4.21 Å². The van der Waals surface area contributed by atoms with Gasteiger partial charge >= 0.3 is 0 Å². The summed E-state index contributed by atoms with van der Waals surface area (Å²) in [5, 5.41) is 0.666. The minimum Gasteiger partial charge on any atom is -0.398 e. The highest BCUT2D eigenvalue weighted by Crippen LogP contribution is 2.36. The van der Waals surface area contributed by atoms with Crippen molar-refractivity contribution in [3.63, 3.8) is 0 Å². The van der Waals surface area contributed by atoms with Crippen LogP contribution in [0.4, 0.5) is 5.69 Å². The molecular formula is C18H22BrClN2OS. The maximum absolute atomic E-state index is 13.0. The molecule has 0 amide bonds. The van der Waals surface area contributed by atoms with E-state index >= 15 is 0 Å². The topological polar surface area (TPSA) is 46.3 Å². The van der Waals surface area contributed by atoms with Gasteiger partial charge in [0.25, 0.3) is 0 Å². The highest BCUT2D eigenvalue weighted by molar-refractivity contribution is 9.10. The Bertz CT molecular complexity index is 744. The largest absolute Gasteiger partial charge is 0.398 e. The van der Waals surface area contributed by atoms with E-state index in [1.54, 1.807) is 0 Å². The molecule has 0 aromatic heterocycles. The van der Waals surface area contributed by atoms with Gasteiger partial charge in [-0.1, -0.05) is 39.7 Å². The lowest BCUT2D eigenvalue weighted by Crippen LogP contribution is -2.38. The van der Waals surface area contributed by atoms with Gasteiger partial charge < -0.3 is 5.73 Å². The maximum atomic E-state index is 13.0. The first-order chi connectivity index (χ1) is 11.1. The van der Waals surface area contributed by atoms with Crippen LogP contribution in [-0.4, -0.2) is 20.3 Å². The van der Waals surface area contributed by atoms with Crippen LogP contribution < -0.4 is 5.73 Å². The zero-order valence-electron chi connectivity index (χ0n) is 14.2. The van der Waals surface area contributed by atoms with Gasteiger partial charge in [-0.3, -0.25) is 0 Å². The molecule has 0 aliphatic rings. The van der Waals surface area contributed by atoms with Crippen molar-refractivity contribution in [1.82, 2.24) is 4.31 Å². The minimum atomic E-state index is -1.20. The predicted octanol–water partition coefficient (Wildman–Crippen LogP) is 5.17. The molecule has 3 nitrogen and oxygen atoms in total. The molecule has 2 rings (SSSR count). The van der Waals surface area contributed by atoms with E-state index in [9.17, 15) is 4.21 Å². The Kier molecular flexibility index (Phi) is 6.13. The monoisotopic (exact) mass is 428 g/mol. The van der Waals surface area contributed by atoms with Crippen molar-refractivity contribution in [1.29, 1.82) is 0 Å². The number of nitrogens with zero attached hydrogens (tertiary/aromatic N) is 1. The number of hydrogen-bond donors (Lipinski definition) is 1. The summed E-state index contributed by atoms with van der Waals surface area (Å²) in [7, 11) is 0.658. The van der Waals surface area contributed by atoms with Crippen LogP contribution >= 0.6 is 27.5 Å². The third-order valence-electron chi connectivity index (χ3n) is 3.68. The lowest BCUT2D eigenvalue weighted by Gasteiger charge is -2.33. The quantitative estimate of drug-likeness (QED) is 0.682. The normalized spacial score (nSPS) is 14.6. The van der Waals surface area contributed by atoms with E-state index in [0.717, 1.165) is 15.6 Å². The fourth-order valence-corrected chi connectivity index (χ4v) is 4.34. The molecule has 2 N–H and O–H groups in total. The number of halogens is 2. The van der Waals surface area contributed by atoms with Gasteiger partial charge in [0, 0.05) is 22.2 Å². The van der Waals surface area contributed by atoms with Gasteiger partial charge in [-0.05, 0) is 62.2 Å². The maximum Gasteiger partial charge on any atom is 0.100 e.